The Morgan fingerprint density at radius 2 is 1.72 bits per heavy atom. The Morgan fingerprint density at radius 3 is 2.44 bits per heavy atom. The van der Waals surface area contributed by atoms with E-state index in [1.165, 1.54) is 16.7 Å². The summed E-state index contributed by atoms with van der Waals surface area (Å²) in [4.78, 5) is 20.6. The van der Waals surface area contributed by atoms with Crippen molar-refractivity contribution in [2.24, 2.45) is 7.05 Å². The van der Waals surface area contributed by atoms with Gasteiger partial charge in [-0.05, 0) is 60.7 Å². The van der Waals surface area contributed by atoms with E-state index in [4.69, 9.17) is 9.47 Å². The molecular weight excluding hydrogens is 478 g/mol. The summed E-state index contributed by atoms with van der Waals surface area (Å²) in [5.41, 5.74) is 1.94. The number of rotatable bonds is 7. The molecule has 0 bridgehead atoms. The highest BCUT2D eigenvalue weighted by Crippen LogP contribution is 2.37. The smallest absolute Gasteiger partial charge is 0.293 e. The van der Waals surface area contributed by atoms with E-state index in [1.54, 1.807) is 56.7 Å². The van der Waals surface area contributed by atoms with Gasteiger partial charge >= 0.3 is 0 Å². The number of aromatic amines is 1. The van der Waals surface area contributed by atoms with Crippen molar-refractivity contribution < 1.29 is 17.9 Å². The van der Waals surface area contributed by atoms with Crippen LogP contribution >= 0.6 is 0 Å². The molecule has 0 aliphatic rings. The van der Waals surface area contributed by atoms with Crippen LogP contribution < -0.4 is 15.0 Å². The number of sulfone groups is 1. The molecule has 0 atom stereocenters. The molecule has 3 heterocycles. The largest absolute Gasteiger partial charge is 0.457 e. The van der Waals surface area contributed by atoms with Crippen LogP contribution in [0.5, 0.6) is 23.0 Å². The van der Waals surface area contributed by atoms with Crippen LogP contribution in [0.4, 0.5) is 0 Å². The summed E-state index contributed by atoms with van der Waals surface area (Å²) < 4.78 is 37.8. The number of benzene rings is 2. The molecule has 9 heteroatoms. The van der Waals surface area contributed by atoms with Crippen molar-refractivity contribution in [2.75, 3.05) is 5.75 Å². The van der Waals surface area contributed by atoms with Crippen molar-refractivity contribution in [2.45, 2.75) is 11.8 Å². The fourth-order valence-electron chi connectivity index (χ4n) is 3.77. The van der Waals surface area contributed by atoms with Crippen LogP contribution in [-0.2, 0) is 16.9 Å². The number of nitrogens with one attached hydrogen (secondary N) is 1. The summed E-state index contributed by atoms with van der Waals surface area (Å²) in [6, 6.07) is 20.7. The number of pyridine rings is 2. The molecule has 0 amide bonds. The molecule has 0 radical (unpaired) electrons. The maximum atomic E-state index is 12.6. The van der Waals surface area contributed by atoms with Crippen LogP contribution in [-0.4, -0.2) is 28.7 Å². The number of ether oxygens (including phenoxy) is 2. The fraction of sp³-hybridized carbons (Fsp3) is 0.111. The first-order valence-corrected chi connectivity index (χ1v) is 12.9. The maximum absolute atomic E-state index is 12.6. The summed E-state index contributed by atoms with van der Waals surface area (Å²) in [7, 11) is -1.65. The van der Waals surface area contributed by atoms with Crippen LogP contribution in [0.15, 0.2) is 94.9 Å². The lowest BCUT2D eigenvalue weighted by Gasteiger charge is -2.11. The van der Waals surface area contributed by atoms with E-state index >= 15 is 0 Å². The molecule has 0 saturated carbocycles. The Kier molecular flexibility index (Phi) is 6.07. The minimum absolute atomic E-state index is 0.0234. The Labute approximate surface area is 207 Å². The maximum Gasteiger partial charge on any atom is 0.293 e. The number of aromatic nitrogens is 3. The van der Waals surface area contributed by atoms with Gasteiger partial charge in [-0.1, -0.05) is 13.0 Å². The standard InChI is InChI=1S/C27H23N3O5S/c1-3-36(32,33)21-11-9-19(10-12-21)34-20-15-18-16-23(22-7-4-5-13-28-22)29-26(18)25(17-20)35-24-8-6-14-30(2)27(24)31/h4-17,29H,3H2,1-2H3. The van der Waals surface area contributed by atoms with E-state index in [-0.39, 0.29) is 22.0 Å². The number of aryl methyl sites for hydroxylation is 1. The number of fused-ring (bicyclic) bond motifs is 1. The van der Waals surface area contributed by atoms with Gasteiger partial charge < -0.3 is 19.0 Å². The highest BCUT2D eigenvalue weighted by atomic mass is 32.2. The predicted octanol–water partition coefficient (Wildman–Crippen LogP) is 5.31. The third-order valence-electron chi connectivity index (χ3n) is 5.71. The van der Waals surface area contributed by atoms with Crippen molar-refractivity contribution in [1.82, 2.24) is 14.5 Å². The van der Waals surface area contributed by atoms with Crippen LogP contribution in [0.3, 0.4) is 0 Å². The second-order valence-corrected chi connectivity index (χ2v) is 10.4. The van der Waals surface area contributed by atoms with Crippen LogP contribution in [0.25, 0.3) is 22.3 Å². The lowest BCUT2D eigenvalue weighted by atomic mass is 10.2. The quantitative estimate of drug-likeness (QED) is 0.324. The summed E-state index contributed by atoms with van der Waals surface area (Å²) in [5, 5.41) is 0.793. The average Bonchev–Trinajstić information content (AvgIpc) is 3.32. The van der Waals surface area contributed by atoms with Gasteiger partial charge in [-0.25, -0.2) is 8.42 Å². The molecule has 0 aliphatic heterocycles. The van der Waals surface area contributed by atoms with Gasteiger partial charge in [-0.2, -0.15) is 0 Å². The van der Waals surface area contributed by atoms with Gasteiger partial charge in [0.15, 0.2) is 21.3 Å². The SMILES string of the molecule is CCS(=O)(=O)c1ccc(Oc2cc(Oc3cccn(C)c3=O)c3[nH]c(-c4ccccn4)cc3c2)cc1. The lowest BCUT2D eigenvalue weighted by molar-refractivity contribution is 0.457. The van der Waals surface area contributed by atoms with Gasteiger partial charge in [-0.15, -0.1) is 0 Å². The average molecular weight is 502 g/mol. The molecule has 8 nitrogen and oxygen atoms in total. The minimum Gasteiger partial charge on any atom is -0.457 e. The van der Waals surface area contributed by atoms with E-state index in [2.05, 4.69) is 9.97 Å². The third kappa shape index (κ3) is 4.60. The Balaban J connectivity index is 1.57. The molecule has 36 heavy (non-hydrogen) atoms. The Bertz CT molecular complexity index is 1710. The van der Waals surface area contributed by atoms with E-state index in [0.717, 1.165) is 16.8 Å². The monoisotopic (exact) mass is 501 g/mol. The first-order valence-electron chi connectivity index (χ1n) is 11.3. The zero-order chi connectivity index (χ0) is 25.3. The molecule has 0 spiro atoms. The van der Waals surface area contributed by atoms with E-state index < -0.39 is 9.84 Å². The van der Waals surface area contributed by atoms with Crippen molar-refractivity contribution in [3.8, 4) is 34.4 Å². The molecule has 2 aromatic carbocycles. The molecule has 1 N–H and O–H groups in total. The number of H-pyrrole nitrogens is 1. The zero-order valence-corrected chi connectivity index (χ0v) is 20.5. The summed E-state index contributed by atoms with van der Waals surface area (Å²) in [5.74, 6) is 1.52. The molecule has 5 aromatic rings. The highest BCUT2D eigenvalue weighted by molar-refractivity contribution is 7.91. The van der Waals surface area contributed by atoms with Crippen LogP contribution in [0, 0.1) is 0 Å². The predicted molar refractivity (Wildman–Crippen MR) is 138 cm³/mol. The molecule has 0 fully saturated rings. The van der Waals surface area contributed by atoms with Crippen LogP contribution in [0.1, 0.15) is 6.92 Å². The second-order valence-electron chi connectivity index (χ2n) is 8.15. The second kappa shape index (κ2) is 9.35. The van der Waals surface area contributed by atoms with Gasteiger partial charge in [0.2, 0.25) is 0 Å². The Morgan fingerprint density at radius 1 is 0.917 bits per heavy atom. The van der Waals surface area contributed by atoms with E-state index in [0.29, 0.717) is 22.8 Å². The Hall–Kier alpha value is -4.37. The summed E-state index contributed by atoms with van der Waals surface area (Å²) in [6.07, 6.45) is 3.36. The van der Waals surface area contributed by atoms with Gasteiger partial charge in [-0.3, -0.25) is 9.78 Å². The van der Waals surface area contributed by atoms with Crippen molar-refractivity contribution >= 4 is 20.7 Å². The van der Waals surface area contributed by atoms with Crippen molar-refractivity contribution in [1.29, 1.82) is 0 Å². The third-order valence-corrected chi connectivity index (χ3v) is 7.46. The molecular formula is C27H23N3O5S. The van der Waals surface area contributed by atoms with Gasteiger partial charge in [0.25, 0.3) is 5.56 Å². The van der Waals surface area contributed by atoms with E-state index in [1.807, 2.05) is 30.3 Å². The van der Waals surface area contributed by atoms with Crippen molar-refractivity contribution in [3.63, 3.8) is 0 Å². The molecule has 0 unspecified atom stereocenters. The van der Waals surface area contributed by atoms with E-state index in [9.17, 15) is 13.2 Å². The van der Waals surface area contributed by atoms with Gasteiger partial charge in [0.1, 0.15) is 11.5 Å². The number of nitrogens with zero attached hydrogens (tertiary/aromatic N) is 2. The van der Waals surface area contributed by atoms with Gasteiger partial charge in [0.05, 0.1) is 27.6 Å². The molecule has 3 aromatic heterocycles. The number of hydrogen-bond acceptors (Lipinski definition) is 6. The highest BCUT2D eigenvalue weighted by Gasteiger charge is 2.16. The summed E-state index contributed by atoms with van der Waals surface area (Å²) in [6.45, 7) is 1.60. The van der Waals surface area contributed by atoms with Crippen molar-refractivity contribution in [3.05, 3.63) is 95.5 Å². The normalized spacial score (nSPS) is 11.5. The molecule has 5 rings (SSSR count). The molecule has 182 valence electrons. The fourth-order valence-corrected chi connectivity index (χ4v) is 4.65. The minimum atomic E-state index is -3.31. The summed E-state index contributed by atoms with van der Waals surface area (Å²) >= 11 is 0. The topological polar surface area (TPSA) is 103 Å². The lowest BCUT2D eigenvalue weighted by Crippen LogP contribution is -2.16. The van der Waals surface area contributed by atoms with Gasteiger partial charge in [0, 0.05) is 30.9 Å². The van der Waals surface area contributed by atoms with Crippen LogP contribution in [0.2, 0.25) is 0 Å². The zero-order valence-electron chi connectivity index (χ0n) is 19.6. The number of hydrogen-bond donors (Lipinski definition) is 1. The first-order chi connectivity index (χ1) is 17.3. The first kappa shape index (κ1) is 23.4. The molecule has 0 saturated heterocycles. The molecule has 0 aliphatic carbocycles.